The van der Waals surface area contributed by atoms with E-state index in [1.54, 1.807) is 0 Å². The fraction of sp³-hybridized carbons (Fsp3) is 0.333. The van der Waals surface area contributed by atoms with Gasteiger partial charge >= 0.3 is 0 Å². The van der Waals surface area contributed by atoms with Crippen LogP contribution in [0, 0.1) is 10.8 Å². The first-order valence-corrected chi connectivity index (χ1v) is 2.51. The van der Waals surface area contributed by atoms with Gasteiger partial charge in [-0.3, -0.25) is 5.41 Å². The smallest absolute Gasteiger partial charge is 0.0741 e. The third-order valence-corrected chi connectivity index (χ3v) is 0.883. The van der Waals surface area contributed by atoms with Crippen LogP contribution in [0.5, 0.6) is 0 Å². The van der Waals surface area contributed by atoms with Crippen LogP contribution in [0.2, 0.25) is 0 Å². The molecule has 0 saturated carbocycles. The van der Waals surface area contributed by atoms with Crippen molar-refractivity contribution >= 4 is 11.4 Å². The van der Waals surface area contributed by atoms with Crippen molar-refractivity contribution in [2.75, 3.05) is 0 Å². The van der Waals surface area contributed by atoms with Gasteiger partial charge in [-0.05, 0) is 12.5 Å². The average Bonchev–Trinajstić information content (AvgIpc) is 1.84. The monoisotopic (exact) mass is 110 g/mol. The fourth-order valence-corrected chi connectivity index (χ4v) is 0.314. The van der Waals surface area contributed by atoms with E-state index in [0.29, 0.717) is 12.1 Å². The second-order valence-electron chi connectivity index (χ2n) is 1.45. The number of allylic oxidation sites excluding steroid dienone is 1. The molecule has 0 atom stereocenters. The molecule has 0 bridgehead atoms. The van der Waals surface area contributed by atoms with Crippen molar-refractivity contribution in [3.63, 3.8) is 0 Å². The highest BCUT2D eigenvalue weighted by atomic mass is 14.5. The second-order valence-corrected chi connectivity index (χ2v) is 1.45. The SMILES string of the molecule is C=CC(=N)C(=N)CC. The van der Waals surface area contributed by atoms with E-state index in [0.717, 1.165) is 0 Å². The Kier molecular flexibility index (Phi) is 2.77. The van der Waals surface area contributed by atoms with E-state index in [1.165, 1.54) is 6.08 Å². The minimum Gasteiger partial charge on any atom is -0.303 e. The van der Waals surface area contributed by atoms with Gasteiger partial charge < -0.3 is 5.41 Å². The highest BCUT2D eigenvalue weighted by molar-refractivity contribution is 6.43. The Bertz CT molecular complexity index is 124. The molecule has 0 heterocycles. The molecular formula is C6H10N2. The molecule has 0 aliphatic heterocycles. The van der Waals surface area contributed by atoms with Crippen LogP contribution in [0.25, 0.3) is 0 Å². The molecule has 0 aliphatic rings. The molecule has 0 aromatic carbocycles. The Morgan fingerprint density at radius 3 is 2.25 bits per heavy atom. The zero-order valence-corrected chi connectivity index (χ0v) is 4.99. The molecule has 2 heteroatoms. The van der Waals surface area contributed by atoms with Gasteiger partial charge in [0.1, 0.15) is 0 Å². The van der Waals surface area contributed by atoms with Gasteiger partial charge in [0.2, 0.25) is 0 Å². The van der Waals surface area contributed by atoms with Crippen LogP contribution in [-0.2, 0) is 0 Å². The minimum atomic E-state index is 0.229. The normalized spacial score (nSPS) is 8.12. The molecule has 8 heavy (non-hydrogen) atoms. The molecule has 0 rings (SSSR count). The standard InChI is InChI=1S/C6H10N2/c1-3-5(7)6(8)4-2/h3,7-8H,1,4H2,2H3. The maximum absolute atomic E-state index is 7.05. The van der Waals surface area contributed by atoms with E-state index in [1.807, 2.05) is 6.92 Å². The summed E-state index contributed by atoms with van der Waals surface area (Å²) in [4.78, 5) is 0. The quantitative estimate of drug-likeness (QED) is 0.519. The molecule has 2 N–H and O–H groups in total. The van der Waals surface area contributed by atoms with Crippen molar-refractivity contribution in [1.29, 1.82) is 10.8 Å². The van der Waals surface area contributed by atoms with Gasteiger partial charge in [-0.1, -0.05) is 13.5 Å². The van der Waals surface area contributed by atoms with E-state index in [2.05, 4.69) is 6.58 Å². The van der Waals surface area contributed by atoms with Crippen LogP contribution in [-0.4, -0.2) is 11.4 Å². The number of hydrogen-bond acceptors (Lipinski definition) is 2. The largest absolute Gasteiger partial charge is 0.303 e. The second kappa shape index (κ2) is 3.13. The first kappa shape index (κ1) is 7.08. The fourth-order valence-electron chi connectivity index (χ4n) is 0.314. The lowest BCUT2D eigenvalue weighted by molar-refractivity contribution is 1.26. The molecule has 2 nitrogen and oxygen atoms in total. The Hall–Kier alpha value is -0.920. The number of hydrogen-bond donors (Lipinski definition) is 2. The first-order chi connectivity index (χ1) is 3.72. The van der Waals surface area contributed by atoms with E-state index < -0.39 is 0 Å². The summed E-state index contributed by atoms with van der Waals surface area (Å²) in [5.41, 5.74) is 0.576. The van der Waals surface area contributed by atoms with Gasteiger partial charge in [0.25, 0.3) is 0 Å². The van der Waals surface area contributed by atoms with Crippen LogP contribution in [0.4, 0.5) is 0 Å². The molecule has 0 unspecified atom stereocenters. The van der Waals surface area contributed by atoms with Gasteiger partial charge in [-0.25, -0.2) is 0 Å². The lowest BCUT2D eigenvalue weighted by Gasteiger charge is -1.92. The summed E-state index contributed by atoms with van der Waals surface area (Å²) in [7, 11) is 0. The first-order valence-electron chi connectivity index (χ1n) is 2.51. The van der Waals surface area contributed by atoms with Crippen LogP contribution < -0.4 is 0 Å². The minimum absolute atomic E-state index is 0.229. The predicted molar refractivity (Wildman–Crippen MR) is 35.9 cm³/mol. The van der Waals surface area contributed by atoms with Crippen LogP contribution in [0.3, 0.4) is 0 Å². The van der Waals surface area contributed by atoms with Crippen molar-refractivity contribution in [2.45, 2.75) is 13.3 Å². The van der Waals surface area contributed by atoms with Crippen molar-refractivity contribution in [3.8, 4) is 0 Å². The maximum Gasteiger partial charge on any atom is 0.0741 e. The Morgan fingerprint density at radius 2 is 2.12 bits per heavy atom. The summed E-state index contributed by atoms with van der Waals surface area (Å²) in [6.45, 7) is 5.21. The molecule has 0 fully saturated rings. The zero-order valence-electron chi connectivity index (χ0n) is 4.99. The Labute approximate surface area is 49.2 Å². The topological polar surface area (TPSA) is 47.7 Å². The van der Waals surface area contributed by atoms with Gasteiger partial charge in [-0.2, -0.15) is 0 Å². The predicted octanol–water partition coefficient (Wildman–Crippen LogP) is 1.62. The van der Waals surface area contributed by atoms with Crippen molar-refractivity contribution < 1.29 is 0 Å². The van der Waals surface area contributed by atoms with E-state index >= 15 is 0 Å². The number of rotatable bonds is 3. The van der Waals surface area contributed by atoms with E-state index in [-0.39, 0.29) is 5.71 Å². The lowest BCUT2D eigenvalue weighted by Crippen LogP contribution is -2.05. The third-order valence-electron chi connectivity index (χ3n) is 0.883. The van der Waals surface area contributed by atoms with Crippen molar-refractivity contribution in [3.05, 3.63) is 12.7 Å². The maximum atomic E-state index is 7.05. The van der Waals surface area contributed by atoms with Crippen molar-refractivity contribution in [1.82, 2.24) is 0 Å². The van der Waals surface area contributed by atoms with Crippen LogP contribution in [0.1, 0.15) is 13.3 Å². The van der Waals surface area contributed by atoms with Crippen LogP contribution >= 0.6 is 0 Å². The summed E-state index contributed by atoms with van der Waals surface area (Å²) in [6, 6.07) is 0. The summed E-state index contributed by atoms with van der Waals surface area (Å²) in [5.74, 6) is 0. The molecule has 0 aliphatic carbocycles. The Morgan fingerprint density at radius 1 is 1.62 bits per heavy atom. The summed E-state index contributed by atoms with van der Waals surface area (Å²) < 4.78 is 0. The van der Waals surface area contributed by atoms with Gasteiger partial charge in [0.15, 0.2) is 0 Å². The number of nitrogens with one attached hydrogen (secondary N) is 2. The van der Waals surface area contributed by atoms with Gasteiger partial charge in [0, 0.05) is 0 Å². The average molecular weight is 110 g/mol. The lowest BCUT2D eigenvalue weighted by atomic mass is 10.2. The zero-order chi connectivity index (χ0) is 6.57. The Balaban J connectivity index is 3.82. The third kappa shape index (κ3) is 1.69. The molecule has 0 saturated heterocycles. The molecule has 0 aromatic heterocycles. The summed E-state index contributed by atoms with van der Waals surface area (Å²) in [6.07, 6.45) is 2.00. The molecule has 0 spiro atoms. The van der Waals surface area contributed by atoms with Crippen LogP contribution in [0.15, 0.2) is 12.7 Å². The molecule has 0 aromatic rings. The van der Waals surface area contributed by atoms with Gasteiger partial charge in [-0.15, -0.1) is 0 Å². The highest BCUT2D eigenvalue weighted by Gasteiger charge is 1.93. The molecule has 0 amide bonds. The van der Waals surface area contributed by atoms with E-state index in [9.17, 15) is 0 Å². The molecule has 44 valence electrons. The summed E-state index contributed by atoms with van der Waals surface area (Å²) >= 11 is 0. The highest BCUT2D eigenvalue weighted by Crippen LogP contribution is 1.84. The van der Waals surface area contributed by atoms with E-state index in [4.69, 9.17) is 10.8 Å². The molecule has 0 radical (unpaired) electrons. The molecular weight excluding hydrogens is 100 g/mol. The van der Waals surface area contributed by atoms with Gasteiger partial charge in [0.05, 0.1) is 11.4 Å². The van der Waals surface area contributed by atoms with Crippen molar-refractivity contribution in [2.24, 2.45) is 0 Å². The summed E-state index contributed by atoms with van der Waals surface area (Å²) in [5, 5.41) is 14.0.